The molecule has 0 bridgehead atoms. The Balaban J connectivity index is 1.63. The molecule has 4 rings (SSSR count). The van der Waals surface area contributed by atoms with Crippen molar-refractivity contribution < 1.29 is 0 Å². The van der Waals surface area contributed by atoms with Crippen LogP contribution in [0.15, 0.2) is 47.3 Å². The minimum absolute atomic E-state index is 0.139. The SMILES string of the molecule is CN(Cc1nc2ccc(Cl)cc2c(=O)[nH]1)[C@H]1CCCc2ccccc21. The van der Waals surface area contributed by atoms with Crippen molar-refractivity contribution in [3.05, 3.63) is 74.8 Å². The number of aromatic amines is 1. The molecular weight excluding hydrogens is 334 g/mol. The largest absolute Gasteiger partial charge is 0.309 e. The molecule has 0 saturated heterocycles. The standard InChI is InChI=1S/C20H20ClN3O/c1-24(18-8-4-6-13-5-2-3-7-15(13)18)12-19-22-17-10-9-14(21)11-16(17)20(25)23-19/h2-3,5,7,9-11,18H,4,6,8,12H2,1H3,(H,22,23,25)/t18-/m0/s1. The Kier molecular flexibility index (Phi) is 4.32. The zero-order valence-corrected chi connectivity index (χ0v) is 14.9. The van der Waals surface area contributed by atoms with Crippen LogP contribution in [0.3, 0.4) is 0 Å². The van der Waals surface area contributed by atoms with E-state index < -0.39 is 0 Å². The predicted octanol–water partition coefficient (Wildman–Crippen LogP) is 4.09. The number of hydrogen-bond donors (Lipinski definition) is 1. The third kappa shape index (κ3) is 3.20. The number of halogens is 1. The second-order valence-corrected chi connectivity index (χ2v) is 7.13. The molecule has 2 aromatic carbocycles. The predicted molar refractivity (Wildman–Crippen MR) is 101 cm³/mol. The lowest BCUT2D eigenvalue weighted by Crippen LogP contribution is -2.29. The highest BCUT2D eigenvalue weighted by molar-refractivity contribution is 6.31. The molecule has 0 fully saturated rings. The molecular formula is C20H20ClN3O. The first-order chi connectivity index (χ1) is 12.1. The van der Waals surface area contributed by atoms with Crippen molar-refractivity contribution in [1.82, 2.24) is 14.9 Å². The highest BCUT2D eigenvalue weighted by atomic mass is 35.5. The van der Waals surface area contributed by atoms with Gasteiger partial charge in [-0.2, -0.15) is 0 Å². The van der Waals surface area contributed by atoms with Gasteiger partial charge in [0.15, 0.2) is 0 Å². The van der Waals surface area contributed by atoms with Gasteiger partial charge in [0.25, 0.3) is 5.56 Å². The summed E-state index contributed by atoms with van der Waals surface area (Å²) >= 11 is 5.98. The highest BCUT2D eigenvalue weighted by Crippen LogP contribution is 2.33. The Labute approximate surface area is 151 Å². The average Bonchev–Trinajstić information content (AvgIpc) is 2.62. The first-order valence-corrected chi connectivity index (χ1v) is 8.96. The molecule has 0 radical (unpaired) electrons. The van der Waals surface area contributed by atoms with Gasteiger partial charge < -0.3 is 4.98 Å². The number of nitrogens with one attached hydrogen (secondary N) is 1. The fraction of sp³-hybridized carbons (Fsp3) is 0.300. The smallest absolute Gasteiger partial charge is 0.258 e. The maximum absolute atomic E-state index is 12.3. The van der Waals surface area contributed by atoms with Crippen LogP contribution >= 0.6 is 11.6 Å². The topological polar surface area (TPSA) is 49.0 Å². The van der Waals surface area contributed by atoms with E-state index in [1.807, 2.05) is 0 Å². The summed E-state index contributed by atoms with van der Waals surface area (Å²) < 4.78 is 0. The molecule has 0 spiro atoms. The third-order valence-electron chi connectivity index (χ3n) is 4.99. The minimum atomic E-state index is -0.139. The molecule has 1 aliphatic rings. The molecule has 0 saturated carbocycles. The number of aromatic nitrogens is 2. The van der Waals surface area contributed by atoms with Crippen LogP contribution in [0.25, 0.3) is 10.9 Å². The normalized spacial score (nSPS) is 17.0. The van der Waals surface area contributed by atoms with Crippen LogP contribution in [0.4, 0.5) is 0 Å². The summed E-state index contributed by atoms with van der Waals surface area (Å²) in [6.07, 6.45) is 3.46. The highest BCUT2D eigenvalue weighted by Gasteiger charge is 2.23. The molecule has 1 heterocycles. The van der Waals surface area contributed by atoms with Gasteiger partial charge in [0.05, 0.1) is 17.4 Å². The minimum Gasteiger partial charge on any atom is -0.309 e. The molecule has 1 aliphatic carbocycles. The Morgan fingerprint density at radius 1 is 1.28 bits per heavy atom. The van der Waals surface area contributed by atoms with Crippen molar-refractivity contribution in [2.45, 2.75) is 31.8 Å². The van der Waals surface area contributed by atoms with Crippen LogP contribution in [0.2, 0.25) is 5.02 Å². The van der Waals surface area contributed by atoms with Crippen molar-refractivity contribution in [3.8, 4) is 0 Å². The van der Waals surface area contributed by atoms with E-state index in [1.54, 1.807) is 18.2 Å². The van der Waals surface area contributed by atoms with E-state index >= 15 is 0 Å². The fourth-order valence-corrected chi connectivity index (χ4v) is 3.94. The van der Waals surface area contributed by atoms with E-state index in [1.165, 1.54) is 17.5 Å². The fourth-order valence-electron chi connectivity index (χ4n) is 3.77. The van der Waals surface area contributed by atoms with Crippen LogP contribution in [0.1, 0.15) is 35.8 Å². The Bertz CT molecular complexity index is 982. The van der Waals surface area contributed by atoms with E-state index in [9.17, 15) is 4.79 Å². The molecule has 0 unspecified atom stereocenters. The van der Waals surface area contributed by atoms with Crippen LogP contribution in [0, 0.1) is 0 Å². The number of rotatable bonds is 3. The zero-order valence-electron chi connectivity index (χ0n) is 14.1. The summed E-state index contributed by atoms with van der Waals surface area (Å²) in [6, 6.07) is 14.2. The molecule has 1 N–H and O–H groups in total. The molecule has 0 amide bonds. The Morgan fingerprint density at radius 3 is 3.00 bits per heavy atom. The molecule has 128 valence electrons. The van der Waals surface area contributed by atoms with Gasteiger partial charge in [-0.3, -0.25) is 9.69 Å². The first kappa shape index (κ1) is 16.3. The Hall–Kier alpha value is -2.17. The molecule has 0 aliphatic heterocycles. The second-order valence-electron chi connectivity index (χ2n) is 6.70. The van der Waals surface area contributed by atoms with Gasteiger partial charge in [0.2, 0.25) is 0 Å². The lowest BCUT2D eigenvalue weighted by Gasteiger charge is -2.33. The zero-order chi connectivity index (χ0) is 17.4. The lowest BCUT2D eigenvalue weighted by molar-refractivity contribution is 0.208. The van der Waals surface area contributed by atoms with E-state index in [4.69, 9.17) is 11.6 Å². The summed E-state index contributed by atoms with van der Waals surface area (Å²) in [6.45, 7) is 0.604. The van der Waals surface area contributed by atoms with Crippen molar-refractivity contribution in [2.24, 2.45) is 0 Å². The van der Waals surface area contributed by atoms with Gasteiger partial charge >= 0.3 is 0 Å². The van der Waals surface area contributed by atoms with Crippen molar-refractivity contribution >= 4 is 22.5 Å². The third-order valence-corrected chi connectivity index (χ3v) is 5.22. The van der Waals surface area contributed by atoms with Gasteiger partial charge in [0.1, 0.15) is 5.82 Å². The van der Waals surface area contributed by atoms with Crippen molar-refractivity contribution in [2.75, 3.05) is 7.05 Å². The van der Waals surface area contributed by atoms with E-state index in [0.717, 1.165) is 12.8 Å². The van der Waals surface area contributed by atoms with E-state index in [2.05, 4.69) is 46.2 Å². The van der Waals surface area contributed by atoms with E-state index in [0.29, 0.717) is 34.3 Å². The van der Waals surface area contributed by atoms with Gasteiger partial charge in [-0.15, -0.1) is 0 Å². The van der Waals surface area contributed by atoms with Gasteiger partial charge in [-0.1, -0.05) is 35.9 Å². The molecule has 1 atom stereocenters. The first-order valence-electron chi connectivity index (χ1n) is 8.58. The van der Waals surface area contributed by atoms with Crippen LogP contribution < -0.4 is 5.56 Å². The van der Waals surface area contributed by atoms with Gasteiger partial charge in [-0.05, 0) is 55.6 Å². The monoisotopic (exact) mass is 353 g/mol. The quantitative estimate of drug-likeness (QED) is 0.771. The van der Waals surface area contributed by atoms with Crippen LogP contribution in [-0.2, 0) is 13.0 Å². The van der Waals surface area contributed by atoms with Crippen molar-refractivity contribution in [1.29, 1.82) is 0 Å². The number of nitrogens with zero attached hydrogens (tertiary/aromatic N) is 2. The summed E-state index contributed by atoms with van der Waals surface area (Å²) in [5.74, 6) is 0.686. The summed E-state index contributed by atoms with van der Waals surface area (Å²) in [7, 11) is 2.10. The van der Waals surface area contributed by atoms with Crippen LogP contribution in [-0.4, -0.2) is 21.9 Å². The van der Waals surface area contributed by atoms with Gasteiger partial charge in [0, 0.05) is 11.1 Å². The molecule has 3 aromatic rings. The molecule has 5 heteroatoms. The Morgan fingerprint density at radius 2 is 2.12 bits per heavy atom. The molecule has 25 heavy (non-hydrogen) atoms. The second kappa shape index (κ2) is 6.62. The molecule has 1 aromatic heterocycles. The molecule has 4 nitrogen and oxygen atoms in total. The number of benzene rings is 2. The maximum atomic E-state index is 12.3. The summed E-state index contributed by atoms with van der Waals surface area (Å²) in [4.78, 5) is 22.1. The summed E-state index contributed by atoms with van der Waals surface area (Å²) in [5.41, 5.74) is 3.37. The van der Waals surface area contributed by atoms with Crippen molar-refractivity contribution in [3.63, 3.8) is 0 Å². The number of H-pyrrole nitrogens is 1. The number of aryl methyl sites for hydroxylation is 1. The number of hydrogen-bond acceptors (Lipinski definition) is 3. The average molecular weight is 354 g/mol. The summed E-state index contributed by atoms with van der Waals surface area (Å²) in [5, 5.41) is 1.07. The maximum Gasteiger partial charge on any atom is 0.258 e. The number of fused-ring (bicyclic) bond motifs is 2. The van der Waals surface area contributed by atoms with Crippen LogP contribution in [0.5, 0.6) is 0 Å². The van der Waals surface area contributed by atoms with E-state index in [-0.39, 0.29) is 5.56 Å². The van der Waals surface area contributed by atoms with Gasteiger partial charge in [-0.25, -0.2) is 4.98 Å². The lowest BCUT2D eigenvalue weighted by atomic mass is 9.87.